The van der Waals surface area contributed by atoms with Crippen LogP contribution in [-0.4, -0.2) is 29.2 Å². The molecule has 1 aliphatic carbocycles. The first-order chi connectivity index (χ1) is 8.26. The Hall–Kier alpha value is -0.670. The third-order valence-electron chi connectivity index (χ3n) is 3.79. The fourth-order valence-corrected chi connectivity index (χ4v) is 2.49. The zero-order chi connectivity index (χ0) is 13.8. The van der Waals surface area contributed by atoms with E-state index in [0.29, 0.717) is 12.3 Å². The Labute approximate surface area is 110 Å². The third-order valence-corrected chi connectivity index (χ3v) is 3.79. The monoisotopic (exact) mass is 254 g/mol. The van der Waals surface area contributed by atoms with Crippen LogP contribution in [0.25, 0.3) is 0 Å². The minimum atomic E-state index is -0.896. The molecule has 0 radical (unpaired) electrons. The molecule has 18 heavy (non-hydrogen) atoms. The third kappa shape index (κ3) is 4.91. The Kier molecular flexibility index (Phi) is 5.11. The largest absolute Gasteiger partial charge is 0.385 e. The molecule has 3 nitrogen and oxygen atoms in total. The molecule has 0 heterocycles. The number of aliphatic hydroxyl groups is 1. The summed E-state index contributed by atoms with van der Waals surface area (Å²) in [6.07, 6.45) is 7.23. The Balaban J connectivity index is 2.28. The Morgan fingerprint density at radius 1 is 1.56 bits per heavy atom. The van der Waals surface area contributed by atoms with E-state index < -0.39 is 5.60 Å². The first kappa shape index (κ1) is 15.4. The maximum absolute atomic E-state index is 11.2. The first-order valence-electron chi connectivity index (χ1n) is 6.76. The molecule has 104 valence electrons. The second-order valence-electron chi connectivity index (χ2n) is 6.25. The fourth-order valence-electron chi connectivity index (χ4n) is 2.49. The second kappa shape index (κ2) is 5.98. The fraction of sp³-hybridized carbons (Fsp3) is 0.800. The van der Waals surface area contributed by atoms with Gasteiger partial charge in [0, 0.05) is 13.5 Å². The van der Waals surface area contributed by atoms with Gasteiger partial charge in [-0.2, -0.15) is 0 Å². The summed E-state index contributed by atoms with van der Waals surface area (Å²) in [6.45, 7) is 6.31. The van der Waals surface area contributed by atoms with Gasteiger partial charge < -0.3 is 9.84 Å². The highest BCUT2D eigenvalue weighted by Gasteiger charge is 2.32. The van der Waals surface area contributed by atoms with E-state index in [0.717, 1.165) is 19.3 Å². The Morgan fingerprint density at radius 3 is 2.72 bits per heavy atom. The molecule has 3 heteroatoms. The van der Waals surface area contributed by atoms with Crippen LogP contribution in [-0.2, 0) is 9.53 Å². The molecule has 1 rings (SSSR count). The topological polar surface area (TPSA) is 46.5 Å². The lowest BCUT2D eigenvalue weighted by atomic mass is 9.87. The van der Waals surface area contributed by atoms with Crippen LogP contribution in [0.2, 0.25) is 0 Å². The van der Waals surface area contributed by atoms with Crippen molar-refractivity contribution in [2.75, 3.05) is 7.11 Å². The average molecular weight is 254 g/mol. The summed E-state index contributed by atoms with van der Waals surface area (Å²) in [5.74, 6) is 0.448. The van der Waals surface area contributed by atoms with Gasteiger partial charge in [-0.05, 0) is 44.8 Å². The van der Waals surface area contributed by atoms with Crippen LogP contribution in [0.5, 0.6) is 0 Å². The van der Waals surface area contributed by atoms with E-state index in [2.05, 4.69) is 20.8 Å². The van der Waals surface area contributed by atoms with Crippen LogP contribution in [0.3, 0.4) is 0 Å². The summed E-state index contributed by atoms with van der Waals surface area (Å²) in [5.41, 5.74) is -0.965. The molecule has 0 bridgehead atoms. The molecule has 0 saturated carbocycles. The van der Waals surface area contributed by atoms with Crippen LogP contribution in [0, 0.1) is 5.92 Å². The zero-order valence-corrected chi connectivity index (χ0v) is 12.0. The number of carbonyl (C=O) groups is 1. The van der Waals surface area contributed by atoms with Gasteiger partial charge in [0.25, 0.3) is 0 Å². The average Bonchev–Trinajstić information content (AvgIpc) is 2.58. The van der Waals surface area contributed by atoms with Gasteiger partial charge >= 0.3 is 0 Å². The van der Waals surface area contributed by atoms with Crippen molar-refractivity contribution in [1.29, 1.82) is 0 Å². The number of methoxy groups -OCH3 is 1. The van der Waals surface area contributed by atoms with E-state index in [1.165, 1.54) is 6.08 Å². The Morgan fingerprint density at radius 2 is 2.22 bits per heavy atom. The number of carbonyl (C=O) groups excluding carboxylic acids is 1. The Bertz CT molecular complexity index is 320. The van der Waals surface area contributed by atoms with Crippen molar-refractivity contribution in [2.24, 2.45) is 5.92 Å². The lowest BCUT2D eigenvalue weighted by molar-refractivity contribution is -0.116. The highest BCUT2D eigenvalue weighted by atomic mass is 16.5. The summed E-state index contributed by atoms with van der Waals surface area (Å²) >= 11 is 0. The normalized spacial score (nSPS) is 25.7. The molecule has 0 aromatic heterocycles. The summed E-state index contributed by atoms with van der Waals surface area (Å²) in [5, 5.41) is 10.2. The van der Waals surface area contributed by atoms with Crippen molar-refractivity contribution in [2.45, 2.75) is 64.1 Å². The van der Waals surface area contributed by atoms with Crippen LogP contribution >= 0.6 is 0 Å². The van der Waals surface area contributed by atoms with Gasteiger partial charge in [0.05, 0.1) is 11.2 Å². The summed E-state index contributed by atoms with van der Waals surface area (Å²) in [6, 6.07) is 0. The molecular weight excluding hydrogens is 228 g/mol. The highest BCUT2D eigenvalue weighted by molar-refractivity contribution is 5.93. The van der Waals surface area contributed by atoms with Crippen LogP contribution in [0.15, 0.2) is 12.2 Å². The standard InChI is InChI=1S/C15H26O3/c1-12(6-5-8-14(2,3)18-4)10-15(17)9-7-13(16)11-15/h7,9,12,17H,5-6,8,10-11H2,1-4H3. The number of allylic oxidation sites excluding steroid dienone is 1. The van der Waals surface area contributed by atoms with Crippen LogP contribution in [0.4, 0.5) is 0 Å². The molecule has 1 N–H and O–H groups in total. The molecule has 0 saturated heterocycles. The van der Waals surface area contributed by atoms with E-state index in [9.17, 15) is 9.90 Å². The van der Waals surface area contributed by atoms with Crippen molar-refractivity contribution in [3.05, 3.63) is 12.2 Å². The second-order valence-corrected chi connectivity index (χ2v) is 6.25. The van der Waals surface area contributed by atoms with Gasteiger partial charge in [0.1, 0.15) is 0 Å². The predicted octanol–water partition coefficient (Wildman–Crippen LogP) is 2.87. The lowest BCUT2D eigenvalue weighted by Gasteiger charge is -2.26. The lowest BCUT2D eigenvalue weighted by Crippen LogP contribution is -2.27. The van der Waals surface area contributed by atoms with Crippen molar-refractivity contribution in [3.63, 3.8) is 0 Å². The number of ether oxygens (including phenoxy) is 1. The molecule has 0 spiro atoms. The molecule has 2 unspecified atom stereocenters. The molecule has 0 aromatic carbocycles. The molecule has 0 fully saturated rings. The van der Waals surface area contributed by atoms with Gasteiger partial charge in [-0.25, -0.2) is 0 Å². The summed E-state index contributed by atoms with van der Waals surface area (Å²) in [7, 11) is 1.74. The minimum absolute atomic E-state index is 0.0326. The highest BCUT2D eigenvalue weighted by Crippen LogP contribution is 2.30. The van der Waals surface area contributed by atoms with Crippen molar-refractivity contribution >= 4 is 5.78 Å². The van der Waals surface area contributed by atoms with Gasteiger partial charge in [-0.15, -0.1) is 0 Å². The maximum Gasteiger partial charge on any atom is 0.158 e. The number of rotatable bonds is 7. The molecular formula is C15H26O3. The van der Waals surface area contributed by atoms with Gasteiger partial charge in [0.15, 0.2) is 5.78 Å². The van der Waals surface area contributed by atoms with E-state index in [1.54, 1.807) is 13.2 Å². The molecule has 0 aromatic rings. The summed E-state index contributed by atoms with van der Waals surface area (Å²) < 4.78 is 5.38. The quantitative estimate of drug-likeness (QED) is 0.760. The maximum atomic E-state index is 11.2. The molecule has 0 aliphatic heterocycles. The SMILES string of the molecule is COC(C)(C)CCCC(C)CC1(O)C=CC(=O)C1. The zero-order valence-electron chi connectivity index (χ0n) is 12.0. The molecule has 0 amide bonds. The predicted molar refractivity (Wildman–Crippen MR) is 72.4 cm³/mol. The van der Waals surface area contributed by atoms with Crippen molar-refractivity contribution in [3.8, 4) is 0 Å². The van der Waals surface area contributed by atoms with Crippen molar-refractivity contribution < 1.29 is 14.6 Å². The van der Waals surface area contributed by atoms with Crippen LogP contribution < -0.4 is 0 Å². The first-order valence-corrected chi connectivity index (χ1v) is 6.76. The van der Waals surface area contributed by atoms with Crippen molar-refractivity contribution in [1.82, 2.24) is 0 Å². The van der Waals surface area contributed by atoms with E-state index in [1.807, 2.05) is 0 Å². The number of hydrogen-bond acceptors (Lipinski definition) is 3. The van der Waals surface area contributed by atoms with Crippen LogP contribution in [0.1, 0.15) is 52.9 Å². The number of ketones is 1. The van der Waals surface area contributed by atoms with E-state index in [4.69, 9.17) is 4.74 Å². The molecule has 2 atom stereocenters. The summed E-state index contributed by atoms with van der Waals surface area (Å²) in [4.78, 5) is 11.2. The van der Waals surface area contributed by atoms with Gasteiger partial charge in [-0.3, -0.25) is 4.79 Å². The smallest absolute Gasteiger partial charge is 0.158 e. The minimum Gasteiger partial charge on any atom is -0.385 e. The van der Waals surface area contributed by atoms with Gasteiger partial charge in [-0.1, -0.05) is 19.8 Å². The molecule has 1 aliphatic rings. The van der Waals surface area contributed by atoms with E-state index in [-0.39, 0.29) is 17.8 Å². The van der Waals surface area contributed by atoms with E-state index >= 15 is 0 Å². The van der Waals surface area contributed by atoms with Gasteiger partial charge in [0.2, 0.25) is 0 Å². The number of hydrogen-bond donors (Lipinski definition) is 1.